The Morgan fingerprint density at radius 2 is 2.00 bits per heavy atom. The molecule has 0 spiro atoms. The van der Waals surface area contributed by atoms with E-state index >= 15 is 0 Å². The van der Waals surface area contributed by atoms with Crippen LogP contribution in [0.3, 0.4) is 0 Å². The molecular weight excluding hydrogens is 275 g/mol. The Morgan fingerprint density at radius 3 is 2.67 bits per heavy atom. The highest BCUT2D eigenvalue weighted by molar-refractivity contribution is 5.89. The van der Waals surface area contributed by atoms with Crippen molar-refractivity contribution in [2.45, 2.75) is 25.4 Å². The fourth-order valence-corrected chi connectivity index (χ4v) is 2.38. The lowest BCUT2D eigenvalue weighted by Crippen LogP contribution is -2.34. The molecule has 5 nitrogen and oxygen atoms in total. The zero-order valence-corrected chi connectivity index (χ0v) is 11.8. The Bertz CT molecular complexity index is 447. The largest absolute Gasteiger partial charge is 0.393 e. The fourth-order valence-electron chi connectivity index (χ4n) is 2.38. The van der Waals surface area contributed by atoms with E-state index in [-0.39, 0.29) is 17.8 Å². The molecule has 1 atom stereocenters. The second-order valence-electron chi connectivity index (χ2n) is 5.19. The van der Waals surface area contributed by atoms with Crippen LogP contribution in [0.4, 0.5) is 14.9 Å². The molecule has 0 aliphatic carbocycles. The molecule has 1 aromatic rings. The summed E-state index contributed by atoms with van der Waals surface area (Å²) in [6.45, 7) is 1.78. The van der Waals surface area contributed by atoms with Gasteiger partial charge in [0.1, 0.15) is 5.82 Å². The third kappa shape index (κ3) is 5.32. The van der Waals surface area contributed by atoms with Gasteiger partial charge in [-0.2, -0.15) is 0 Å². The van der Waals surface area contributed by atoms with Gasteiger partial charge in [0, 0.05) is 25.4 Å². The van der Waals surface area contributed by atoms with Gasteiger partial charge in [0.05, 0.1) is 6.10 Å². The van der Waals surface area contributed by atoms with E-state index in [0.29, 0.717) is 31.9 Å². The van der Waals surface area contributed by atoms with Crippen molar-refractivity contribution in [1.82, 2.24) is 5.32 Å². The minimum absolute atomic E-state index is 0.251. The lowest BCUT2D eigenvalue weighted by molar-refractivity contribution is 0.00549. The summed E-state index contributed by atoms with van der Waals surface area (Å²) in [5, 5.41) is 15.3. The fraction of sp³-hybridized carbons (Fsp3) is 0.533. The number of aliphatic hydroxyl groups excluding tert-OH is 1. The van der Waals surface area contributed by atoms with Crippen LogP contribution in [0.5, 0.6) is 0 Å². The number of amides is 2. The Labute approximate surface area is 123 Å². The molecule has 116 valence electrons. The maximum atomic E-state index is 12.7. The van der Waals surface area contributed by atoms with Gasteiger partial charge in [0.15, 0.2) is 0 Å². The van der Waals surface area contributed by atoms with E-state index < -0.39 is 6.10 Å². The molecule has 2 amide bonds. The van der Waals surface area contributed by atoms with Crippen molar-refractivity contribution < 1.29 is 19.0 Å². The summed E-state index contributed by atoms with van der Waals surface area (Å²) < 4.78 is 18.0. The smallest absolute Gasteiger partial charge is 0.319 e. The van der Waals surface area contributed by atoms with E-state index in [1.54, 1.807) is 0 Å². The standard InChI is InChI=1S/C15H21FN2O3/c16-12-1-3-13(4-2-12)18-15(20)17-8-5-14(19)11-6-9-21-10-7-11/h1-4,11,14,19H,5-10H2,(H2,17,18,20). The molecule has 6 heteroatoms. The number of hydrogen-bond acceptors (Lipinski definition) is 3. The number of carbonyl (C=O) groups is 1. The maximum absolute atomic E-state index is 12.7. The quantitative estimate of drug-likeness (QED) is 0.779. The van der Waals surface area contributed by atoms with Gasteiger partial charge < -0.3 is 20.5 Å². The van der Waals surface area contributed by atoms with Crippen LogP contribution in [0.15, 0.2) is 24.3 Å². The van der Waals surface area contributed by atoms with Crippen molar-refractivity contribution in [3.05, 3.63) is 30.1 Å². The molecule has 2 rings (SSSR count). The number of anilines is 1. The lowest BCUT2D eigenvalue weighted by atomic mass is 9.92. The van der Waals surface area contributed by atoms with Gasteiger partial charge in [-0.05, 0) is 49.4 Å². The van der Waals surface area contributed by atoms with Gasteiger partial charge in [-0.1, -0.05) is 0 Å². The maximum Gasteiger partial charge on any atom is 0.319 e. The second kappa shape index (κ2) is 7.95. The Kier molecular flexibility index (Phi) is 5.95. The normalized spacial score (nSPS) is 17.2. The topological polar surface area (TPSA) is 70.6 Å². The van der Waals surface area contributed by atoms with E-state index in [1.165, 1.54) is 24.3 Å². The van der Waals surface area contributed by atoms with Crippen molar-refractivity contribution in [2.24, 2.45) is 5.92 Å². The molecule has 1 saturated heterocycles. The van der Waals surface area contributed by atoms with Crippen molar-refractivity contribution in [3.8, 4) is 0 Å². The summed E-state index contributed by atoms with van der Waals surface area (Å²) >= 11 is 0. The minimum Gasteiger partial charge on any atom is -0.393 e. The molecule has 3 N–H and O–H groups in total. The third-order valence-electron chi connectivity index (χ3n) is 3.64. The summed E-state index contributed by atoms with van der Waals surface area (Å²) in [5.41, 5.74) is 0.527. The van der Waals surface area contributed by atoms with Crippen molar-refractivity contribution in [3.63, 3.8) is 0 Å². The number of rotatable bonds is 5. The van der Waals surface area contributed by atoms with Crippen LogP contribution in [0.1, 0.15) is 19.3 Å². The van der Waals surface area contributed by atoms with Crippen LogP contribution in [0.25, 0.3) is 0 Å². The highest BCUT2D eigenvalue weighted by atomic mass is 19.1. The van der Waals surface area contributed by atoms with Crippen LogP contribution >= 0.6 is 0 Å². The molecule has 21 heavy (non-hydrogen) atoms. The molecule has 0 bridgehead atoms. The minimum atomic E-state index is -0.417. The van der Waals surface area contributed by atoms with Crippen molar-refractivity contribution in [2.75, 3.05) is 25.1 Å². The summed E-state index contributed by atoms with van der Waals surface area (Å²) in [5.74, 6) is -0.0961. The number of ether oxygens (including phenoxy) is 1. The summed E-state index contributed by atoms with van der Waals surface area (Å²) in [6.07, 6.45) is 1.83. The number of aliphatic hydroxyl groups is 1. The first-order valence-corrected chi connectivity index (χ1v) is 7.21. The monoisotopic (exact) mass is 296 g/mol. The number of halogens is 1. The Balaban J connectivity index is 1.65. The van der Waals surface area contributed by atoms with E-state index in [2.05, 4.69) is 10.6 Å². The summed E-state index contributed by atoms with van der Waals surface area (Å²) in [4.78, 5) is 11.6. The average molecular weight is 296 g/mol. The number of hydrogen-bond donors (Lipinski definition) is 3. The highest BCUT2D eigenvalue weighted by Gasteiger charge is 2.21. The van der Waals surface area contributed by atoms with Gasteiger partial charge in [-0.3, -0.25) is 0 Å². The number of carbonyl (C=O) groups excluding carboxylic acids is 1. The average Bonchev–Trinajstić information content (AvgIpc) is 2.50. The molecule has 1 aromatic carbocycles. The van der Waals surface area contributed by atoms with Crippen LogP contribution in [0, 0.1) is 11.7 Å². The van der Waals surface area contributed by atoms with Crippen LogP contribution in [0.2, 0.25) is 0 Å². The van der Waals surface area contributed by atoms with E-state index in [4.69, 9.17) is 4.74 Å². The first-order chi connectivity index (χ1) is 10.1. The second-order valence-corrected chi connectivity index (χ2v) is 5.19. The van der Waals surface area contributed by atoms with Gasteiger partial charge in [-0.15, -0.1) is 0 Å². The predicted molar refractivity (Wildman–Crippen MR) is 77.6 cm³/mol. The predicted octanol–water partition coefficient (Wildman–Crippen LogP) is 2.12. The molecule has 1 aliphatic rings. The van der Waals surface area contributed by atoms with Crippen molar-refractivity contribution in [1.29, 1.82) is 0 Å². The number of nitrogens with one attached hydrogen (secondary N) is 2. The van der Waals surface area contributed by atoms with Crippen LogP contribution in [-0.2, 0) is 4.74 Å². The van der Waals surface area contributed by atoms with Crippen molar-refractivity contribution >= 4 is 11.7 Å². The van der Waals surface area contributed by atoms with Gasteiger partial charge in [-0.25, -0.2) is 9.18 Å². The van der Waals surface area contributed by atoms with Crippen LogP contribution < -0.4 is 10.6 Å². The molecule has 1 heterocycles. The SMILES string of the molecule is O=C(NCCC(O)C1CCOCC1)Nc1ccc(F)cc1. The van der Waals surface area contributed by atoms with Gasteiger partial charge >= 0.3 is 6.03 Å². The molecular formula is C15H21FN2O3. The zero-order valence-electron chi connectivity index (χ0n) is 11.8. The van der Waals surface area contributed by atoms with E-state index in [1.807, 2.05) is 0 Å². The zero-order chi connectivity index (χ0) is 15.1. The molecule has 0 saturated carbocycles. The third-order valence-corrected chi connectivity index (χ3v) is 3.64. The lowest BCUT2D eigenvalue weighted by Gasteiger charge is -2.26. The van der Waals surface area contributed by atoms with E-state index in [9.17, 15) is 14.3 Å². The van der Waals surface area contributed by atoms with Gasteiger partial charge in [0.2, 0.25) is 0 Å². The number of benzene rings is 1. The van der Waals surface area contributed by atoms with Gasteiger partial charge in [0.25, 0.3) is 0 Å². The Hall–Kier alpha value is -1.66. The summed E-state index contributed by atoms with van der Waals surface area (Å²) in [7, 11) is 0. The summed E-state index contributed by atoms with van der Waals surface area (Å²) in [6, 6.07) is 5.19. The molecule has 1 fully saturated rings. The highest BCUT2D eigenvalue weighted by Crippen LogP contribution is 2.20. The van der Waals surface area contributed by atoms with E-state index in [0.717, 1.165) is 12.8 Å². The molecule has 1 unspecified atom stereocenters. The molecule has 0 aromatic heterocycles. The molecule has 1 aliphatic heterocycles. The first-order valence-electron chi connectivity index (χ1n) is 7.21. The van der Waals surface area contributed by atoms with Crippen LogP contribution in [-0.4, -0.2) is 37.0 Å². The first kappa shape index (κ1) is 15.7. The Morgan fingerprint density at radius 1 is 1.33 bits per heavy atom. The molecule has 0 radical (unpaired) electrons. The number of urea groups is 1.